The van der Waals surface area contributed by atoms with Crippen LogP contribution in [0, 0.1) is 11.3 Å². The van der Waals surface area contributed by atoms with Crippen molar-refractivity contribution in [2.24, 2.45) is 0 Å². The second kappa shape index (κ2) is 7.11. The molecule has 24 heavy (non-hydrogen) atoms. The fourth-order valence-corrected chi connectivity index (χ4v) is 2.13. The minimum absolute atomic E-state index is 0.589. The maximum Gasteiger partial charge on any atom is 0.135 e. The molecule has 0 aliphatic carbocycles. The Bertz CT molecular complexity index is 871. The molecule has 118 valence electrons. The third-order valence-electron chi connectivity index (χ3n) is 3.29. The number of rotatable bonds is 5. The third kappa shape index (κ3) is 3.78. The highest BCUT2D eigenvalue weighted by molar-refractivity contribution is 5.64. The Morgan fingerprint density at radius 2 is 1.62 bits per heavy atom. The number of nitrogens with zero attached hydrogens (tertiary/aromatic N) is 3. The molecule has 3 rings (SSSR count). The van der Waals surface area contributed by atoms with E-state index in [1.54, 1.807) is 25.3 Å². The number of hydrogen-bond donors (Lipinski definition) is 2. The van der Waals surface area contributed by atoms with Crippen molar-refractivity contribution in [3.63, 3.8) is 0 Å². The van der Waals surface area contributed by atoms with Crippen LogP contribution in [0.15, 0.2) is 60.9 Å². The number of nitrogens with one attached hydrogen (secondary N) is 2. The average molecular weight is 317 g/mol. The molecular weight excluding hydrogens is 302 g/mol. The van der Waals surface area contributed by atoms with E-state index in [4.69, 9.17) is 10.00 Å². The Labute approximate surface area is 139 Å². The van der Waals surface area contributed by atoms with Crippen LogP contribution in [0.1, 0.15) is 5.56 Å². The lowest BCUT2D eigenvalue weighted by atomic mass is 10.2. The third-order valence-corrected chi connectivity index (χ3v) is 3.29. The van der Waals surface area contributed by atoms with Crippen molar-refractivity contribution in [3.05, 3.63) is 66.5 Å². The summed E-state index contributed by atoms with van der Waals surface area (Å²) in [5.74, 6) is 2.09. The molecule has 0 amide bonds. The maximum atomic E-state index is 8.95. The van der Waals surface area contributed by atoms with Crippen LogP contribution in [-0.2, 0) is 0 Å². The van der Waals surface area contributed by atoms with Crippen LogP contribution >= 0.6 is 0 Å². The van der Waals surface area contributed by atoms with Crippen molar-refractivity contribution in [1.29, 1.82) is 5.26 Å². The van der Waals surface area contributed by atoms with Gasteiger partial charge in [0.1, 0.15) is 23.7 Å². The standard InChI is InChI=1S/C18H15N5O/c1-24-16-7-5-14(6-8-16)22-17-10-18(21-12-20-17)23-15-4-2-3-13(9-15)11-19/h2-10,12H,1H3,(H2,20,21,22,23). The molecule has 0 unspecified atom stereocenters. The number of anilines is 4. The molecule has 0 atom stereocenters. The van der Waals surface area contributed by atoms with E-state index in [0.717, 1.165) is 17.1 Å². The molecule has 0 aliphatic rings. The lowest BCUT2D eigenvalue weighted by Crippen LogP contribution is -1.98. The van der Waals surface area contributed by atoms with Crippen molar-refractivity contribution in [2.75, 3.05) is 17.7 Å². The SMILES string of the molecule is COc1ccc(Nc2cc(Nc3cccc(C#N)c3)ncn2)cc1. The van der Waals surface area contributed by atoms with Crippen LogP contribution in [-0.4, -0.2) is 17.1 Å². The summed E-state index contributed by atoms with van der Waals surface area (Å²) in [4.78, 5) is 8.40. The summed E-state index contributed by atoms with van der Waals surface area (Å²) in [6, 6.07) is 18.7. The number of hydrogen-bond acceptors (Lipinski definition) is 6. The number of ether oxygens (including phenoxy) is 1. The van der Waals surface area contributed by atoms with Gasteiger partial charge in [-0.15, -0.1) is 0 Å². The van der Waals surface area contributed by atoms with Gasteiger partial charge in [0.05, 0.1) is 18.7 Å². The van der Waals surface area contributed by atoms with Gasteiger partial charge in [-0.05, 0) is 42.5 Å². The van der Waals surface area contributed by atoms with E-state index in [1.165, 1.54) is 6.33 Å². The van der Waals surface area contributed by atoms with Gasteiger partial charge in [0, 0.05) is 17.4 Å². The summed E-state index contributed by atoms with van der Waals surface area (Å²) in [5.41, 5.74) is 2.28. The Morgan fingerprint density at radius 1 is 0.917 bits per heavy atom. The van der Waals surface area contributed by atoms with Gasteiger partial charge in [0.25, 0.3) is 0 Å². The first kappa shape index (κ1) is 15.3. The van der Waals surface area contributed by atoms with Crippen LogP contribution in [0.3, 0.4) is 0 Å². The zero-order valence-corrected chi connectivity index (χ0v) is 13.0. The van der Waals surface area contributed by atoms with Crippen molar-refractivity contribution in [1.82, 2.24) is 9.97 Å². The Morgan fingerprint density at radius 3 is 2.29 bits per heavy atom. The van der Waals surface area contributed by atoms with Crippen molar-refractivity contribution < 1.29 is 4.74 Å². The Kier molecular flexibility index (Phi) is 4.54. The van der Waals surface area contributed by atoms with E-state index in [0.29, 0.717) is 17.2 Å². The molecule has 0 bridgehead atoms. The smallest absolute Gasteiger partial charge is 0.135 e. The first-order valence-electron chi connectivity index (χ1n) is 7.27. The van der Waals surface area contributed by atoms with E-state index >= 15 is 0 Å². The second-order valence-corrected chi connectivity index (χ2v) is 4.96. The van der Waals surface area contributed by atoms with Gasteiger partial charge in [-0.2, -0.15) is 5.26 Å². The number of methoxy groups -OCH3 is 1. The number of aromatic nitrogens is 2. The zero-order valence-electron chi connectivity index (χ0n) is 13.0. The predicted molar refractivity (Wildman–Crippen MR) is 92.7 cm³/mol. The summed E-state index contributed by atoms with van der Waals surface area (Å²) in [6.07, 6.45) is 1.47. The van der Waals surface area contributed by atoms with Gasteiger partial charge in [0.15, 0.2) is 0 Å². The lowest BCUT2D eigenvalue weighted by molar-refractivity contribution is 0.415. The topological polar surface area (TPSA) is 82.9 Å². The molecule has 6 nitrogen and oxygen atoms in total. The summed E-state index contributed by atoms with van der Waals surface area (Å²) in [5, 5.41) is 15.3. The van der Waals surface area contributed by atoms with E-state index in [2.05, 4.69) is 26.7 Å². The summed E-state index contributed by atoms with van der Waals surface area (Å²) in [7, 11) is 1.63. The Hall–Kier alpha value is -3.59. The van der Waals surface area contributed by atoms with E-state index in [1.807, 2.05) is 36.4 Å². The van der Waals surface area contributed by atoms with Gasteiger partial charge in [-0.3, -0.25) is 0 Å². The van der Waals surface area contributed by atoms with E-state index < -0.39 is 0 Å². The van der Waals surface area contributed by atoms with E-state index in [-0.39, 0.29) is 0 Å². The van der Waals surface area contributed by atoms with Crippen LogP contribution < -0.4 is 15.4 Å². The molecule has 0 radical (unpaired) electrons. The zero-order chi connectivity index (χ0) is 16.8. The number of benzene rings is 2. The van der Waals surface area contributed by atoms with Gasteiger partial charge >= 0.3 is 0 Å². The summed E-state index contributed by atoms with van der Waals surface area (Å²) < 4.78 is 5.14. The highest BCUT2D eigenvalue weighted by Gasteiger charge is 2.02. The van der Waals surface area contributed by atoms with Gasteiger partial charge in [0.2, 0.25) is 0 Å². The molecule has 0 saturated heterocycles. The molecular formula is C18H15N5O. The quantitative estimate of drug-likeness (QED) is 0.744. The van der Waals surface area contributed by atoms with Crippen molar-refractivity contribution in [2.45, 2.75) is 0 Å². The minimum atomic E-state index is 0.589. The summed E-state index contributed by atoms with van der Waals surface area (Å²) in [6.45, 7) is 0. The van der Waals surface area contributed by atoms with E-state index in [9.17, 15) is 0 Å². The van der Waals surface area contributed by atoms with Crippen molar-refractivity contribution in [3.8, 4) is 11.8 Å². The highest BCUT2D eigenvalue weighted by atomic mass is 16.5. The first-order chi connectivity index (χ1) is 11.8. The average Bonchev–Trinajstić information content (AvgIpc) is 2.63. The van der Waals surface area contributed by atoms with Gasteiger partial charge in [-0.1, -0.05) is 6.07 Å². The van der Waals surface area contributed by atoms with Crippen LogP contribution in [0.4, 0.5) is 23.0 Å². The molecule has 0 saturated carbocycles. The molecule has 0 aliphatic heterocycles. The lowest BCUT2D eigenvalue weighted by Gasteiger charge is -2.09. The maximum absolute atomic E-state index is 8.95. The molecule has 3 aromatic rings. The normalized spacial score (nSPS) is 9.83. The molecule has 6 heteroatoms. The van der Waals surface area contributed by atoms with Crippen LogP contribution in [0.5, 0.6) is 5.75 Å². The molecule has 0 fully saturated rings. The van der Waals surface area contributed by atoms with Gasteiger partial charge < -0.3 is 15.4 Å². The molecule has 2 N–H and O–H groups in total. The largest absolute Gasteiger partial charge is 0.497 e. The second-order valence-electron chi connectivity index (χ2n) is 4.96. The fraction of sp³-hybridized carbons (Fsp3) is 0.0556. The van der Waals surface area contributed by atoms with Crippen molar-refractivity contribution >= 4 is 23.0 Å². The van der Waals surface area contributed by atoms with Crippen LogP contribution in [0.2, 0.25) is 0 Å². The highest BCUT2D eigenvalue weighted by Crippen LogP contribution is 2.21. The predicted octanol–water partition coefficient (Wildman–Crippen LogP) is 3.84. The molecule has 1 aromatic heterocycles. The monoisotopic (exact) mass is 317 g/mol. The summed E-state index contributed by atoms with van der Waals surface area (Å²) >= 11 is 0. The Balaban J connectivity index is 1.74. The molecule has 2 aromatic carbocycles. The first-order valence-corrected chi connectivity index (χ1v) is 7.27. The fourth-order valence-electron chi connectivity index (χ4n) is 2.13. The minimum Gasteiger partial charge on any atom is -0.497 e. The molecule has 0 spiro atoms. The molecule has 1 heterocycles. The number of nitriles is 1. The van der Waals surface area contributed by atoms with Gasteiger partial charge in [-0.25, -0.2) is 9.97 Å². The van der Waals surface area contributed by atoms with Crippen LogP contribution in [0.25, 0.3) is 0 Å².